The van der Waals surface area contributed by atoms with Crippen molar-refractivity contribution in [3.63, 3.8) is 0 Å². The SMILES string of the molecule is Cc1ccc(N(c2ccc(C)cc2)c2ccc(N(c3ccc(-c4ccc5c(c4)c4c6ccccc6ccc4n5-c4ccccc4)cc3)c3cccc4c3-c3ccccc3C4(C)C)cc2)cc1. The van der Waals surface area contributed by atoms with Crippen LogP contribution in [0.2, 0.25) is 0 Å². The number of para-hydroxylation sites is 1. The van der Waals surface area contributed by atoms with E-state index in [1.165, 1.54) is 82.8 Å². The Morgan fingerprint density at radius 3 is 1.61 bits per heavy atom. The third-order valence-electron chi connectivity index (χ3n) is 13.9. The molecule has 0 unspecified atom stereocenters. The molecule has 0 N–H and O–H groups in total. The summed E-state index contributed by atoms with van der Waals surface area (Å²) in [5, 5.41) is 5.05. The highest BCUT2D eigenvalue weighted by Gasteiger charge is 2.37. The Kier molecular flexibility index (Phi) is 9.29. The van der Waals surface area contributed by atoms with Crippen molar-refractivity contribution in [1.82, 2.24) is 4.57 Å². The van der Waals surface area contributed by atoms with E-state index in [1.807, 2.05) is 0 Å². The van der Waals surface area contributed by atoms with Gasteiger partial charge in [-0.25, -0.2) is 0 Å². The highest BCUT2D eigenvalue weighted by Crippen LogP contribution is 2.54. The molecule has 0 fully saturated rings. The Labute approximate surface area is 387 Å². The summed E-state index contributed by atoms with van der Waals surface area (Å²) in [5.41, 5.74) is 20.3. The van der Waals surface area contributed by atoms with Gasteiger partial charge in [-0.1, -0.05) is 152 Å². The molecule has 0 amide bonds. The van der Waals surface area contributed by atoms with Crippen LogP contribution in [0.3, 0.4) is 0 Å². The fraction of sp³-hybridized carbons (Fsp3) is 0.0794. The van der Waals surface area contributed by atoms with Crippen molar-refractivity contribution in [3.8, 4) is 27.9 Å². The van der Waals surface area contributed by atoms with E-state index in [2.05, 4.69) is 267 Å². The van der Waals surface area contributed by atoms with Gasteiger partial charge in [0.1, 0.15) is 0 Å². The van der Waals surface area contributed by atoms with Crippen molar-refractivity contribution < 1.29 is 0 Å². The lowest BCUT2D eigenvalue weighted by molar-refractivity contribution is 0.660. The lowest BCUT2D eigenvalue weighted by Crippen LogP contribution is -2.16. The molecule has 0 atom stereocenters. The highest BCUT2D eigenvalue weighted by atomic mass is 15.2. The second-order valence-corrected chi connectivity index (χ2v) is 18.4. The van der Waals surface area contributed by atoms with E-state index in [-0.39, 0.29) is 5.41 Å². The van der Waals surface area contributed by atoms with Crippen molar-refractivity contribution in [3.05, 3.63) is 247 Å². The van der Waals surface area contributed by atoms with Gasteiger partial charge in [-0.2, -0.15) is 0 Å². The number of aromatic nitrogens is 1. The Bertz CT molecular complexity index is 3550. The standard InChI is InChI=1S/C63H49N3/c1-42-21-29-48(30-22-42)64(49-31-23-43(2)24-32-49)50-35-37-52(38-36-50)65(59-20-12-19-57-62(59)54-17-10-11-18-56(54)63(57,3)4)51-33-25-44(26-34-51)46-28-39-58-55(41-46)61-53-16-9-8-13-45(53)27-40-60(61)66(58)47-14-6-5-7-15-47/h5-41H,1-4H3. The number of nitrogens with zero attached hydrogens (tertiary/aromatic N) is 3. The van der Waals surface area contributed by atoms with E-state index in [9.17, 15) is 0 Å². The largest absolute Gasteiger partial charge is 0.311 e. The van der Waals surface area contributed by atoms with E-state index in [0.29, 0.717) is 0 Å². The molecule has 0 spiro atoms. The van der Waals surface area contributed by atoms with Crippen LogP contribution in [0.25, 0.3) is 60.5 Å². The van der Waals surface area contributed by atoms with Gasteiger partial charge in [0, 0.05) is 55.9 Å². The second-order valence-electron chi connectivity index (χ2n) is 18.4. The number of hydrogen-bond acceptors (Lipinski definition) is 2. The molecule has 0 saturated heterocycles. The molecule has 3 nitrogen and oxygen atoms in total. The van der Waals surface area contributed by atoms with Crippen LogP contribution in [-0.4, -0.2) is 4.57 Å². The molecule has 1 heterocycles. The number of benzene rings is 10. The Balaban J connectivity index is 1.000. The zero-order valence-electron chi connectivity index (χ0n) is 37.7. The van der Waals surface area contributed by atoms with Gasteiger partial charge in [0.05, 0.1) is 16.7 Å². The molecular formula is C63H49N3. The quantitative estimate of drug-likeness (QED) is 0.151. The Hall–Kier alpha value is -8.14. The summed E-state index contributed by atoms with van der Waals surface area (Å²) in [7, 11) is 0. The molecule has 0 aliphatic heterocycles. The molecule has 3 heteroatoms. The number of anilines is 6. The summed E-state index contributed by atoms with van der Waals surface area (Å²) in [5.74, 6) is 0. The van der Waals surface area contributed by atoms with Crippen LogP contribution in [0.4, 0.5) is 34.1 Å². The molecule has 0 bridgehead atoms. The van der Waals surface area contributed by atoms with Gasteiger partial charge in [-0.15, -0.1) is 0 Å². The molecule has 1 aliphatic carbocycles. The Morgan fingerprint density at radius 1 is 0.394 bits per heavy atom. The summed E-state index contributed by atoms with van der Waals surface area (Å²) in [6.07, 6.45) is 0. The maximum atomic E-state index is 2.45. The first-order chi connectivity index (χ1) is 32.3. The Morgan fingerprint density at radius 2 is 0.924 bits per heavy atom. The van der Waals surface area contributed by atoms with Crippen molar-refractivity contribution >= 4 is 66.7 Å². The van der Waals surface area contributed by atoms with Crippen molar-refractivity contribution in [2.24, 2.45) is 0 Å². The van der Waals surface area contributed by atoms with Gasteiger partial charge >= 0.3 is 0 Å². The van der Waals surface area contributed by atoms with Crippen LogP contribution >= 0.6 is 0 Å². The topological polar surface area (TPSA) is 11.4 Å². The van der Waals surface area contributed by atoms with Crippen LogP contribution < -0.4 is 9.80 Å². The van der Waals surface area contributed by atoms with Gasteiger partial charge in [-0.05, 0) is 149 Å². The summed E-state index contributed by atoms with van der Waals surface area (Å²) in [6.45, 7) is 9.00. The third kappa shape index (κ3) is 6.42. The normalized spacial score (nSPS) is 12.7. The maximum absolute atomic E-state index is 2.45. The second kappa shape index (κ2) is 15.5. The fourth-order valence-electron chi connectivity index (χ4n) is 10.6. The molecule has 10 aromatic carbocycles. The fourth-order valence-corrected chi connectivity index (χ4v) is 10.6. The van der Waals surface area contributed by atoms with Crippen LogP contribution in [0.15, 0.2) is 224 Å². The highest BCUT2D eigenvalue weighted by molar-refractivity contribution is 6.22. The maximum Gasteiger partial charge on any atom is 0.0547 e. The van der Waals surface area contributed by atoms with Crippen LogP contribution in [-0.2, 0) is 5.41 Å². The molecule has 11 aromatic rings. The average molecular weight is 848 g/mol. The summed E-state index contributed by atoms with van der Waals surface area (Å²) in [6, 6.07) is 82.7. The lowest BCUT2D eigenvalue weighted by atomic mass is 9.82. The van der Waals surface area contributed by atoms with Crippen molar-refractivity contribution in [2.45, 2.75) is 33.1 Å². The van der Waals surface area contributed by atoms with Crippen molar-refractivity contribution in [1.29, 1.82) is 0 Å². The molecule has 0 radical (unpaired) electrons. The van der Waals surface area contributed by atoms with E-state index in [1.54, 1.807) is 0 Å². The lowest BCUT2D eigenvalue weighted by Gasteiger charge is -2.30. The van der Waals surface area contributed by atoms with Gasteiger partial charge in [0.2, 0.25) is 0 Å². The van der Waals surface area contributed by atoms with E-state index < -0.39 is 0 Å². The third-order valence-corrected chi connectivity index (χ3v) is 13.9. The molecular weight excluding hydrogens is 799 g/mol. The predicted molar refractivity (Wildman–Crippen MR) is 280 cm³/mol. The molecule has 66 heavy (non-hydrogen) atoms. The van der Waals surface area contributed by atoms with E-state index in [4.69, 9.17) is 0 Å². The molecule has 1 aromatic heterocycles. The number of rotatable bonds is 8. The van der Waals surface area contributed by atoms with E-state index in [0.717, 1.165) is 34.1 Å². The monoisotopic (exact) mass is 847 g/mol. The zero-order chi connectivity index (χ0) is 44.5. The minimum Gasteiger partial charge on any atom is -0.311 e. The van der Waals surface area contributed by atoms with Gasteiger partial charge in [-0.3, -0.25) is 0 Å². The van der Waals surface area contributed by atoms with E-state index >= 15 is 0 Å². The summed E-state index contributed by atoms with van der Waals surface area (Å²) >= 11 is 0. The number of fused-ring (bicyclic) bond motifs is 8. The van der Waals surface area contributed by atoms with Crippen LogP contribution in [0.5, 0.6) is 0 Å². The number of aryl methyl sites for hydroxylation is 2. The van der Waals surface area contributed by atoms with Gasteiger partial charge in [0.15, 0.2) is 0 Å². The molecule has 316 valence electrons. The smallest absolute Gasteiger partial charge is 0.0547 e. The first-order valence-electron chi connectivity index (χ1n) is 23.0. The zero-order valence-corrected chi connectivity index (χ0v) is 37.7. The minimum absolute atomic E-state index is 0.127. The van der Waals surface area contributed by atoms with Crippen LogP contribution in [0.1, 0.15) is 36.1 Å². The summed E-state index contributed by atoms with van der Waals surface area (Å²) in [4.78, 5) is 4.80. The minimum atomic E-state index is -0.127. The molecule has 1 aliphatic rings. The summed E-state index contributed by atoms with van der Waals surface area (Å²) < 4.78 is 2.41. The van der Waals surface area contributed by atoms with Crippen LogP contribution in [0, 0.1) is 13.8 Å². The first-order valence-corrected chi connectivity index (χ1v) is 23.0. The average Bonchev–Trinajstić information content (AvgIpc) is 3.82. The molecule has 0 saturated carbocycles. The predicted octanol–water partition coefficient (Wildman–Crippen LogP) is 17.5. The van der Waals surface area contributed by atoms with Crippen molar-refractivity contribution in [2.75, 3.05) is 9.80 Å². The van der Waals surface area contributed by atoms with Gasteiger partial charge in [0.25, 0.3) is 0 Å². The molecule has 12 rings (SSSR count). The first kappa shape index (κ1) is 39.5. The van der Waals surface area contributed by atoms with Gasteiger partial charge < -0.3 is 14.4 Å². The number of hydrogen-bond donors (Lipinski definition) is 0.